The van der Waals surface area contributed by atoms with Gasteiger partial charge in [0.05, 0.1) is 12.1 Å². The first-order valence-corrected chi connectivity index (χ1v) is 5.08. The maximum atomic E-state index is 10.5. The van der Waals surface area contributed by atoms with Crippen LogP contribution in [0.1, 0.15) is 44.1 Å². The van der Waals surface area contributed by atoms with Crippen molar-refractivity contribution >= 4 is 5.97 Å². The van der Waals surface area contributed by atoms with Gasteiger partial charge in [-0.25, -0.2) is 0 Å². The Kier molecular flexibility index (Phi) is 3.17. The highest BCUT2D eigenvalue weighted by atomic mass is 16.4. The van der Waals surface area contributed by atoms with E-state index in [2.05, 4.69) is 31.0 Å². The zero-order chi connectivity index (χ0) is 11.6. The lowest BCUT2D eigenvalue weighted by Gasteiger charge is -2.16. The van der Waals surface area contributed by atoms with Gasteiger partial charge in [-0.1, -0.05) is 20.8 Å². The van der Waals surface area contributed by atoms with Gasteiger partial charge in [-0.15, -0.1) is 0 Å². The smallest absolute Gasteiger partial charge is 0.303 e. The van der Waals surface area contributed by atoms with Gasteiger partial charge in [0, 0.05) is 11.1 Å². The number of aromatic nitrogens is 2. The molecule has 4 heteroatoms. The first-order valence-electron chi connectivity index (χ1n) is 5.08. The second-order valence-corrected chi connectivity index (χ2v) is 4.82. The summed E-state index contributed by atoms with van der Waals surface area (Å²) in [5.41, 5.74) is 3.04. The molecule has 0 atom stereocenters. The minimum absolute atomic E-state index is 0.00204. The second-order valence-electron chi connectivity index (χ2n) is 4.82. The fraction of sp³-hybridized carbons (Fsp3) is 0.636. The molecule has 0 aliphatic heterocycles. The van der Waals surface area contributed by atoms with E-state index in [0.717, 1.165) is 17.0 Å². The van der Waals surface area contributed by atoms with E-state index in [1.807, 2.05) is 6.92 Å². The molecule has 1 rings (SSSR count). The lowest BCUT2D eigenvalue weighted by atomic mass is 9.89. The number of nitrogens with zero attached hydrogens (tertiary/aromatic N) is 1. The highest BCUT2D eigenvalue weighted by Crippen LogP contribution is 2.25. The van der Waals surface area contributed by atoms with Crippen LogP contribution in [0, 0.1) is 6.92 Å². The molecule has 0 bridgehead atoms. The van der Waals surface area contributed by atoms with Gasteiger partial charge in [0.25, 0.3) is 0 Å². The molecule has 15 heavy (non-hydrogen) atoms. The minimum Gasteiger partial charge on any atom is -0.481 e. The first kappa shape index (κ1) is 11.8. The maximum absolute atomic E-state index is 10.5. The van der Waals surface area contributed by atoms with E-state index in [0.29, 0.717) is 6.42 Å². The number of carboxylic acid groups (broad SMARTS) is 1. The molecular formula is C11H18N2O2. The molecule has 2 N–H and O–H groups in total. The van der Waals surface area contributed by atoms with Crippen LogP contribution in [0.15, 0.2) is 0 Å². The second kappa shape index (κ2) is 4.04. The molecule has 1 aromatic rings. The summed E-state index contributed by atoms with van der Waals surface area (Å²) in [6.45, 7) is 8.27. The van der Waals surface area contributed by atoms with Crippen molar-refractivity contribution in [1.29, 1.82) is 0 Å². The zero-order valence-corrected chi connectivity index (χ0v) is 9.72. The molecule has 0 saturated carbocycles. The van der Waals surface area contributed by atoms with Crippen LogP contribution in [0.2, 0.25) is 0 Å². The van der Waals surface area contributed by atoms with Crippen LogP contribution in [-0.2, 0) is 16.6 Å². The Labute approximate surface area is 89.7 Å². The third-order valence-electron chi connectivity index (χ3n) is 2.41. The van der Waals surface area contributed by atoms with Crippen molar-refractivity contribution in [2.24, 2.45) is 0 Å². The van der Waals surface area contributed by atoms with Crippen molar-refractivity contribution in [3.63, 3.8) is 0 Å². The van der Waals surface area contributed by atoms with Crippen molar-refractivity contribution < 1.29 is 9.90 Å². The first-order chi connectivity index (χ1) is 6.82. The molecule has 0 aromatic carbocycles. The summed E-state index contributed by atoms with van der Waals surface area (Å²) in [7, 11) is 0. The summed E-state index contributed by atoms with van der Waals surface area (Å²) in [6.07, 6.45) is 0.664. The largest absolute Gasteiger partial charge is 0.481 e. The summed E-state index contributed by atoms with van der Waals surface area (Å²) in [4.78, 5) is 10.5. The highest BCUT2D eigenvalue weighted by molar-refractivity contribution is 5.67. The predicted molar refractivity (Wildman–Crippen MR) is 58.0 cm³/mol. The lowest BCUT2D eigenvalue weighted by molar-refractivity contribution is -0.136. The predicted octanol–water partition coefficient (Wildman–Crippen LogP) is 2.03. The molecule has 0 aliphatic carbocycles. The average Bonchev–Trinajstić information content (AvgIpc) is 2.42. The van der Waals surface area contributed by atoms with E-state index in [4.69, 9.17) is 5.11 Å². The lowest BCUT2D eigenvalue weighted by Crippen LogP contribution is -2.13. The Morgan fingerprint density at radius 2 is 2.07 bits per heavy atom. The van der Waals surface area contributed by atoms with E-state index in [9.17, 15) is 4.79 Å². The van der Waals surface area contributed by atoms with Crippen LogP contribution in [-0.4, -0.2) is 21.3 Å². The Hall–Kier alpha value is -1.32. The number of carboxylic acids is 1. The molecule has 0 aliphatic rings. The van der Waals surface area contributed by atoms with Crippen molar-refractivity contribution in [3.8, 4) is 0 Å². The number of H-pyrrole nitrogens is 1. The van der Waals surface area contributed by atoms with Crippen molar-refractivity contribution in [2.75, 3.05) is 0 Å². The van der Waals surface area contributed by atoms with E-state index < -0.39 is 5.97 Å². The van der Waals surface area contributed by atoms with Crippen molar-refractivity contribution in [1.82, 2.24) is 10.2 Å². The molecular weight excluding hydrogens is 192 g/mol. The number of aliphatic carboxylic acids is 1. The van der Waals surface area contributed by atoms with Gasteiger partial charge in [-0.2, -0.15) is 5.10 Å². The molecule has 4 nitrogen and oxygen atoms in total. The number of hydrogen-bond donors (Lipinski definition) is 2. The molecule has 84 valence electrons. The monoisotopic (exact) mass is 210 g/mol. The van der Waals surface area contributed by atoms with Crippen LogP contribution in [0.4, 0.5) is 0 Å². The topological polar surface area (TPSA) is 66.0 Å². The van der Waals surface area contributed by atoms with Crippen LogP contribution >= 0.6 is 0 Å². The molecule has 0 radical (unpaired) electrons. The van der Waals surface area contributed by atoms with Gasteiger partial charge in [-0.05, 0) is 18.9 Å². The highest BCUT2D eigenvalue weighted by Gasteiger charge is 2.21. The molecule has 0 fully saturated rings. The van der Waals surface area contributed by atoms with Gasteiger partial charge in [0.1, 0.15) is 0 Å². The summed E-state index contributed by atoms with van der Waals surface area (Å²) in [5, 5.41) is 15.8. The number of nitrogens with one attached hydrogen (secondary N) is 1. The SMILES string of the molecule is Cc1c(C(C)(C)C)n[nH]c1CCC(=O)O. The van der Waals surface area contributed by atoms with Gasteiger partial charge in [-0.3, -0.25) is 9.89 Å². The van der Waals surface area contributed by atoms with Gasteiger partial charge < -0.3 is 5.11 Å². The standard InChI is InChI=1S/C11H18N2O2/c1-7-8(5-6-9(14)15)12-13-10(7)11(2,3)4/h5-6H2,1-4H3,(H,12,13)(H,14,15). The Morgan fingerprint density at radius 1 is 1.47 bits per heavy atom. The summed E-state index contributed by atoms with van der Waals surface area (Å²) < 4.78 is 0. The van der Waals surface area contributed by atoms with E-state index in [1.54, 1.807) is 0 Å². The van der Waals surface area contributed by atoms with E-state index in [-0.39, 0.29) is 11.8 Å². The van der Waals surface area contributed by atoms with Gasteiger partial charge >= 0.3 is 5.97 Å². The number of aromatic amines is 1. The van der Waals surface area contributed by atoms with Crippen LogP contribution in [0.25, 0.3) is 0 Å². The summed E-state index contributed by atoms with van der Waals surface area (Å²) in [6, 6.07) is 0. The average molecular weight is 210 g/mol. The molecule has 1 aromatic heterocycles. The van der Waals surface area contributed by atoms with Crippen LogP contribution in [0.5, 0.6) is 0 Å². The fourth-order valence-corrected chi connectivity index (χ4v) is 1.64. The molecule has 0 saturated heterocycles. The van der Waals surface area contributed by atoms with Crippen LogP contribution in [0.3, 0.4) is 0 Å². The maximum Gasteiger partial charge on any atom is 0.303 e. The molecule has 0 unspecified atom stereocenters. The molecule has 0 amide bonds. The molecule has 0 spiro atoms. The number of aryl methyl sites for hydroxylation is 1. The molecule has 1 heterocycles. The fourth-order valence-electron chi connectivity index (χ4n) is 1.64. The normalized spacial score (nSPS) is 11.7. The Bertz CT molecular complexity index is 361. The third kappa shape index (κ3) is 2.81. The van der Waals surface area contributed by atoms with E-state index >= 15 is 0 Å². The third-order valence-corrected chi connectivity index (χ3v) is 2.41. The quantitative estimate of drug-likeness (QED) is 0.802. The Balaban J connectivity index is 2.85. The van der Waals surface area contributed by atoms with Gasteiger partial charge in [0.15, 0.2) is 0 Å². The van der Waals surface area contributed by atoms with Crippen molar-refractivity contribution in [3.05, 3.63) is 17.0 Å². The van der Waals surface area contributed by atoms with E-state index in [1.165, 1.54) is 0 Å². The minimum atomic E-state index is -0.777. The summed E-state index contributed by atoms with van der Waals surface area (Å²) >= 11 is 0. The van der Waals surface area contributed by atoms with Crippen LogP contribution < -0.4 is 0 Å². The zero-order valence-electron chi connectivity index (χ0n) is 9.72. The van der Waals surface area contributed by atoms with Crippen molar-refractivity contribution in [2.45, 2.75) is 46.0 Å². The Morgan fingerprint density at radius 3 is 2.47 bits per heavy atom. The number of carbonyl (C=O) groups is 1. The number of hydrogen-bond acceptors (Lipinski definition) is 2. The number of rotatable bonds is 3. The van der Waals surface area contributed by atoms with Gasteiger partial charge in [0.2, 0.25) is 0 Å². The summed E-state index contributed by atoms with van der Waals surface area (Å²) in [5.74, 6) is -0.777.